The molecule has 1 fully saturated rings. The summed E-state index contributed by atoms with van der Waals surface area (Å²) in [7, 11) is 0. The normalized spacial score (nSPS) is 15.2. The van der Waals surface area contributed by atoms with E-state index in [1.807, 2.05) is 31.2 Å². The standard InChI is InChI=1S/C14H15N3O2/c1-10-5-2-3-6-11(10)14-15-12(19-16-14)9-17-8-4-7-13(17)18/h2-3,5-6H,4,7-9H2,1H3. The predicted molar refractivity (Wildman–Crippen MR) is 69.1 cm³/mol. The van der Waals surface area contributed by atoms with Gasteiger partial charge in [-0.05, 0) is 18.9 Å². The van der Waals surface area contributed by atoms with Crippen LogP contribution in [0.4, 0.5) is 0 Å². The van der Waals surface area contributed by atoms with Crippen molar-refractivity contribution in [1.29, 1.82) is 0 Å². The Morgan fingerprint density at radius 2 is 2.21 bits per heavy atom. The van der Waals surface area contributed by atoms with Gasteiger partial charge < -0.3 is 9.42 Å². The van der Waals surface area contributed by atoms with Gasteiger partial charge >= 0.3 is 0 Å². The maximum Gasteiger partial charge on any atom is 0.246 e. The number of hydrogen-bond acceptors (Lipinski definition) is 4. The Bertz CT molecular complexity index is 606. The van der Waals surface area contributed by atoms with Crippen molar-refractivity contribution in [1.82, 2.24) is 15.0 Å². The smallest absolute Gasteiger partial charge is 0.246 e. The summed E-state index contributed by atoms with van der Waals surface area (Å²) in [4.78, 5) is 17.7. The van der Waals surface area contributed by atoms with Crippen molar-refractivity contribution in [3.8, 4) is 11.4 Å². The Morgan fingerprint density at radius 3 is 2.95 bits per heavy atom. The molecule has 3 rings (SSSR count). The van der Waals surface area contributed by atoms with Gasteiger partial charge in [0.05, 0.1) is 6.54 Å². The molecule has 5 heteroatoms. The minimum atomic E-state index is 0.163. The number of aromatic nitrogens is 2. The fraction of sp³-hybridized carbons (Fsp3) is 0.357. The van der Waals surface area contributed by atoms with Crippen LogP contribution in [0.25, 0.3) is 11.4 Å². The van der Waals surface area contributed by atoms with Gasteiger partial charge in [-0.25, -0.2) is 0 Å². The molecule has 1 aromatic carbocycles. The highest BCUT2D eigenvalue weighted by Crippen LogP contribution is 2.21. The molecule has 0 N–H and O–H groups in total. The first kappa shape index (κ1) is 11.9. The van der Waals surface area contributed by atoms with Gasteiger partial charge in [-0.3, -0.25) is 4.79 Å². The molecule has 2 heterocycles. The molecule has 0 bridgehead atoms. The lowest BCUT2D eigenvalue weighted by Crippen LogP contribution is -2.23. The molecule has 0 atom stereocenters. The third-order valence-corrected chi connectivity index (χ3v) is 3.35. The molecule has 19 heavy (non-hydrogen) atoms. The lowest BCUT2D eigenvalue weighted by Gasteiger charge is -2.11. The van der Waals surface area contributed by atoms with Crippen LogP contribution < -0.4 is 0 Å². The zero-order valence-corrected chi connectivity index (χ0v) is 10.8. The molecular formula is C14H15N3O2. The third kappa shape index (κ3) is 2.36. The van der Waals surface area contributed by atoms with E-state index in [9.17, 15) is 4.79 Å². The number of rotatable bonds is 3. The number of benzene rings is 1. The first-order valence-electron chi connectivity index (χ1n) is 6.40. The van der Waals surface area contributed by atoms with Crippen LogP contribution in [0.5, 0.6) is 0 Å². The maximum absolute atomic E-state index is 11.5. The number of amides is 1. The average molecular weight is 257 g/mol. The zero-order valence-electron chi connectivity index (χ0n) is 10.8. The summed E-state index contributed by atoms with van der Waals surface area (Å²) in [6.45, 7) is 3.20. The molecule has 1 saturated heterocycles. The number of nitrogens with zero attached hydrogens (tertiary/aromatic N) is 3. The molecule has 98 valence electrons. The Labute approximate surface area is 111 Å². The quantitative estimate of drug-likeness (QED) is 0.845. The largest absolute Gasteiger partial charge is 0.337 e. The minimum Gasteiger partial charge on any atom is -0.337 e. The number of carbonyl (C=O) groups is 1. The SMILES string of the molecule is Cc1ccccc1-c1noc(CN2CCCC2=O)n1. The second kappa shape index (κ2) is 4.84. The lowest BCUT2D eigenvalue weighted by atomic mass is 10.1. The molecule has 1 aliphatic rings. The third-order valence-electron chi connectivity index (χ3n) is 3.35. The zero-order chi connectivity index (χ0) is 13.2. The van der Waals surface area contributed by atoms with Crippen molar-refractivity contribution in [2.45, 2.75) is 26.3 Å². The second-order valence-electron chi connectivity index (χ2n) is 4.75. The minimum absolute atomic E-state index is 0.163. The van der Waals surface area contributed by atoms with Crippen LogP contribution in [0.2, 0.25) is 0 Å². The summed E-state index contributed by atoms with van der Waals surface area (Å²) in [6.07, 6.45) is 1.54. The Hall–Kier alpha value is -2.17. The summed E-state index contributed by atoms with van der Waals surface area (Å²) >= 11 is 0. The fourth-order valence-electron chi connectivity index (χ4n) is 2.29. The van der Waals surface area contributed by atoms with E-state index in [0.29, 0.717) is 24.7 Å². The monoisotopic (exact) mass is 257 g/mol. The van der Waals surface area contributed by atoms with Crippen molar-refractivity contribution in [3.63, 3.8) is 0 Å². The molecule has 0 radical (unpaired) electrons. The molecule has 2 aromatic rings. The average Bonchev–Trinajstić information content (AvgIpc) is 3.01. The predicted octanol–water partition coefficient (Wildman–Crippen LogP) is 2.17. The topological polar surface area (TPSA) is 59.2 Å². The molecular weight excluding hydrogens is 242 g/mol. The number of carbonyl (C=O) groups excluding carboxylic acids is 1. The van der Waals surface area contributed by atoms with E-state index < -0.39 is 0 Å². The van der Waals surface area contributed by atoms with E-state index in [4.69, 9.17) is 4.52 Å². The van der Waals surface area contributed by atoms with Crippen LogP contribution >= 0.6 is 0 Å². The molecule has 1 amide bonds. The molecule has 0 saturated carbocycles. The van der Waals surface area contributed by atoms with Gasteiger partial charge in [-0.15, -0.1) is 0 Å². The van der Waals surface area contributed by atoms with Crippen LogP contribution in [-0.2, 0) is 11.3 Å². The van der Waals surface area contributed by atoms with Gasteiger partial charge in [0.1, 0.15) is 0 Å². The highest BCUT2D eigenvalue weighted by atomic mass is 16.5. The van der Waals surface area contributed by atoms with Crippen LogP contribution in [0.3, 0.4) is 0 Å². The van der Waals surface area contributed by atoms with Gasteiger partial charge in [0, 0.05) is 18.5 Å². The van der Waals surface area contributed by atoms with Crippen molar-refractivity contribution in [2.75, 3.05) is 6.54 Å². The summed E-state index contributed by atoms with van der Waals surface area (Å²) in [5.74, 6) is 1.24. The number of likely N-dealkylation sites (tertiary alicyclic amines) is 1. The number of hydrogen-bond donors (Lipinski definition) is 0. The van der Waals surface area contributed by atoms with Crippen LogP contribution in [-0.4, -0.2) is 27.5 Å². The van der Waals surface area contributed by atoms with Gasteiger partial charge in [0.25, 0.3) is 0 Å². The lowest BCUT2D eigenvalue weighted by molar-refractivity contribution is -0.128. The maximum atomic E-state index is 11.5. The molecule has 0 unspecified atom stereocenters. The summed E-state index contributed by atoms with van der Waals surface area (Å²) in [6, 6.07) is 7.89. The van der Waals surface area contributed by atoms with Crippen molar-refractivity contribution >= 4 is 5.91 Å². The van der Waals surface area contributed by atoms with Gasteiger partial charge in [-0.1, -0.05) is 29.4 Å². The second-order valence-corrected chi connectivity index (χ2v) is 4.75. The van der Waals surface area contributed by atoms with Crippen LogP contribution in [0.15, 0.2) is 28.8 Å². The van der Waals surface area contributed by atoms with Crippen molar-refractivity contribution in [3.05, 3.63) is 35.7 Å². The van der Waals surface area contributed by atoms with E-state index in [2.05, 4.69) is 10.1 Å². The molecule has 0 aliphatic carbocycles. The number of aryl methyl sites for hydroxylation is 1. The summed E-state index contributed by atoms with van der Waals surface area (Å²) in [5.41, 5.74) is 2.07. The molecule has 1 aliphatic heterocycles. The molecule has 0 spiro atoms. The highest BCUT2D eigenvalue weighted by molar-refractivity contribution is 5.77. The Morgan fingerprint density at radius 1 is 1.37 bits per heavy atom. The molecule has 1 aromatic heterocycles. The van der Waals surface area contributed by atoms with E-state index in [0.717, 1.165) is 24.1 Å². The van der Waals surface area contributed by atoms with Crippen LogP contribution in [0, 0.1) is 6.92 Å². The van der Waals surface area contributed by atoms with E-state index in [1.54, 1.807) is 4.90 Å². The van der Waals surface area contributed by atoms with Gasteiger partial charge in [0.15, 0.2) is 0 Å². The van der Waals surface area contributed by atoms with E-state index in [-0.39, 0.29) is 5.91 Å². The van der Waals surface area contributed by atoms with E-state index in [1.165, 1.54) is 0 Å². The van der Waals surface area contributed by atoms with Crippen molar-refractivity contribution in [2.24, 2.45) is 0 Å². The van der Waals surface area contributed by atoms with E-state index >= 15 is 0 Å². The summed E-state index contributed by atoms with van der Waals surface area (Å²) < 4.78 is 5.23. The van der Waals surface area contributed by atoms with Gasteiger partial charge in [-0.2, -0.15) is 4.98 Å². The summed E-state index contributed by atoms with van der Waals surface area (Å²) in [5, 5.41) is 3.99. The Kier molecular flexibility index (Phi) is 3.03. The molecule has 5 nitrogen and oxygen atoms in total. The first-order valence-corrected chi connectivity index (χ1v) is 6.40. The Balaban J connectivity index is 1.80. The fourth-order valence-corrected chi connectivity index (χ4v) is 2.29. The van der Waals surface area contributed by atoms with Gasteiger partial charge in [0.2, 0.25) is 17.6 Å². The first-order chi connectivity index (χ1) is 9.24. The highest BCUT2D eigenvalue weighted by Gasteiger charge is 2.22. The van der Waals surface area contributed by atoms with Crippen molar-refractivity contribution < 1.29 is 9.32 Å². The van der Waals surface area contributed by atoms with Crippen LogP contribution in [0.1, 0.15) is 24.3 Å².